The Balaban J connectivity index is 1.49. The highest BCUT2D eigenvalue weighted by Gasteiger charge is 2.21. The van der Waals surface area contributed by atoms with E-state index < -0.39 is 0 Å². The summed E-state index contributed by atoms with van der Waals surface area (Å²) in [6.45, 7) is 0. The van der Waals surface area contributed by atoms with E-state index in [1.807, 2.05) is 12.1 Å². The van der Waals surface area contributed by atoms with E-state index in [4.69, 9.17) is 9.47 Å². The first-order chi connectivity index (χ1) is 12.8. The zero-order valence-electron chi connectivity index (χ0n) is 16.0. The molecule has 0 radical (unpaired) electrons. The normalized spacial score (nSPS) is 19.9. The van der Waals surface area contributed by atoms with E-state index in [1.54, 1.807) is 14.2 Å². The Hall–Kier alpha value is -2.00. The highest BCUT2D eigenvalue weighted by Crippen LogP contribution is 2.25. The molecule has 0 spiro atoms. The van der Waals surface area contributed by atoms with Gasteiger partial charge in [-0.05, 0) is 61.8 Å². The van der Waals surface area contributed by atoms with E-state index in [9.17, 15) is 0 Å². The van der Waals surface area contributed by atoms with Crippen molar-refractivity contribution in [1.82, 2.24) is 5.32 Å². The molecule has 140 valence electrons. The Morgan fingerprint density at radius 3 is 1.69 bits per heavy atom. The van der Waals surface area contributed by atoms with E-state index in [-0.39, 0.29) is 0 Å². The van der Waals surface area contributed by atoms with Gasteiger partial charge in [0, 0.05) is 12.1 Å². The summed E-state index contributed by atoms with van der Waals surface area (Å²) in [6, 6.07) is 18.0. The molecule has 1 fully saturated rings. The van der Waals surface area contributed by atoms with Crippen LogP contribution >= 0.6 is 0 Å². The number of rotatable bonds is 8. The zero-order valence-corrected chi connectivity index (χ0v) is 16.0. The molecule has 1 aliphatic heterocycles. The quantitative estimate of drug-likeness (QED) is 0.741. The molecule has 3 nitrogen and oxygen atoms in total. The lowest BCUT2D eigenvalue weighted by Crippen LogP contribution is -2.42. The number of ether oxygens (including phenoxy) is 2. The van der Waals surface area contributed by atoms with Gasteiger partial charge in [-0.3, -0.25) is 0 Å². The van der Waals surface area contributed by atoms with Crippen molar-refractivity contribution in [2.45, 2.75) is 57.0 Å². The maximum absolute atomic E-state index is 5.48. The second kappa shape index (κ2) is 9.63. The Morgan fingerprint density at radius 2 is 1.23 bits per heavy atom. The predicted molar refractivity (Wildman–Crippen MR) is 107 cm³/mol. The van der Waals surface area contributed by atoms with Crippen LogP contribution < -0.4 is 14.8 Å². The van der Waals surface area contributed by atoms with Gasteiger partial charge in [-0.25, -0.2) is 0 Å². The minimum atomic E-state index is 0.608. The largest absolute Gasteiger partial charge is 0.496 e. The lowest BCUT2D eigenvalue weighted by atomic mass is 9.91. The number of para-hydroxylation sites is 2. The van der Waals surface area contributed by atoms with Crippen molar-refractivity contribution in [1.29, 1.82) is 0 Å². The van der Waals surface area contributed by atoms with Crippen molar-refractivity contribution in [2.75, 3.05) is 14.2 Å². The van der Waals surface area contributed by atoms with Gasteiger partial charge < -0.3 is 14.8 Å². The molecule has 3 heteroatoms. The summed E-state index contributed by atoms with van der Waals surface area (Å²) < 4.78 is 11.0. The van der Waals surface area contributed by atoms with Gasteiger partial charge in [0.15, 0.2) is 0 Å². The van der Waals surface area contributed by atoms with E-state index in [0.717, 1.165) is 24.3 Å². The molecular formula is C23H31NO2. The van der Waals surface area contributed by atoms with Crippen LogP contribution in [-0.4, -0.2) is 26.3 Å². The van der Waals surface area contributed by atoms with Crippen LogP contribution in [0.2, 0.25) is 0 Å². The van der Waals surface area contributed by atoms with Crippen molar-refractivity contribution >= 4 is 0 Å². The molecule has 0 aliphatic carbocycles. The molecule has 2 atom stereocenters. The molecule has 1 saturated heterocycles. The van der Waals surface area contributed by atoms with Gasteiger partial charge in [0.2, 0.25) is 0 Å². The van der Waals surface area contributed by atoms with E-state index in [0.29, 0.717) is 12.1 Å². The van der Waals surface area contributed by atoms with Crippen molar-refractivity contribution in [3.63, 3.8) is 0 Å². The molecule has 0 aromatic heterocycles. The summed E-state index contributed by atoms with van der Waals surface area (Å²) in [7, 11) is 3.51. The van der Waals surface area contributed by atoms with Crippen LogP contribution in [0.5, 0.6) is 11.5 Å². The SMILES string of the molecule is COc1ccccc1CC[C@H]1CCC[C@@H](CCc2ccccc2OC)N1. The molecular weight excluding hydrogens is 322 g/mol. The van der Waals surface area contributed by atoms with Crippen LogP contribution in [0, 0.1) is 0 Å². The van der Waals surface area contributed by atoms with Crippen LogP contribution in [-0.2, 0) is 12.8 Å². The fourth-order valence-electron chi connectivity index (χ4n) is 4.04. The van der Waals surface area contributed by atoms with Crippen molar-refractivity contribution < 1.29 is 9.47 Å². The predicted octanol–water partition coefficient (Wildman–Crippen LogP) is 4.78. The monoisotopic (exact) mass is 353 g/mol. The summed E-state index contributed by atoms with van der Waals surface area (Å²) in [5.41, 5.74) is 2.63. The summed E-state index contributed by atoms with van der Waals surface area (Å²) in [5, 5.41) is 3.89. The van der Waals surface area contributed by atoms with Gasteiger partial charge in [-0.15, -0.1) is 0 Å². The Morgan fingerprint density at radius 1 is 0.769 bits per heavy atom. The van der Waals surface area contributed by atoms with Crippen molar-refractivity contribution in [2.24, 2.45) is 0 Å². The summed E-state index contributed by atoms with van der Waals surface area (Å²) in [5.74, 6) is 2.02. The highest BCUT2D eigenvalue weighted by molar-refractivity contribution is 5.34. The number of aryl methyl sites for hydroxylation is 2. The fourth-order valence-corrected chi connectivity index (χ4v) is 4.04. The van der Waals surface area contributed by atoms with Crippen LogP contribution in [0.4, 0.5) is 0 Å². The number of hydrogen-bond donors (Lipinski definition) is 1. The lowest BCUT2D eigenvalue weighted by molar-refractivity contribution is 0.295. The molecule has 0 amide bonds. The fraction of sp³-hybridized carbons (Fsp3) is 0.478. The van der Waals surface area contributed by atoms with Crippen molar-refractivity contribution in [3.05, 3.63) is 59.7 Å². The molecule has 1 aliphatic rings. The number of nitrogens with one attached hydrogen (secondary N) is 1. The Kier molecular flexibility index (Phi) is 6.96. The first-order valence-electron chi connectivity index (χ1n) is 9.80. The van der Waals surface area contributed by atoms with Gasteiger partial charge >= 0.3 is 0 Å². The van der Waals surface area contributed by atoms with E-state index >= 15 is 0 Å². The van der Waals surface area contributed by atoms with Gasteiger partial charge in [-0.2, -0.15) is 0 Å². The summed E-state index contributed by atoms with van der Waals surface area (Å²) >= 11 is 0. The third-order valence-electron chi connectivity index (χ3n) is 5.49. The molecule has 0 bridgehead atoms. The maximum atomic E-state index is 5.48. The van der Waals surface area contributed by atoms with Gasteiger partial charge in [0.05, 0.1) is 14.2 Å². The molecule has 1 heterocycles. The first kappa shape index (κ1) is 18.8. The average molecular weight is 354 g/mol. The van der Waals surface area contributed by atoms with Crippen LogP contribution in [0.25, 0.3) is 0 Å². The maximum Gasteiger partial charge on any atom is 0.122 e. The highest BCUT2D eigenvalue weighted by atomic mass is 16.5. The topological polar surface area (TPSA) is 30.5 Å². The van der Waals surface area contributed by atoms with Gasteiger partial charge in [0.25, 0.3) is 0 Å². The smallest absolute Gasteiger partial charge is 0.122 e. The number of methoxy groups -OCH3 is 2. The summed E-state index contributed by atoms with van der Waals surface area (Å²) in [6.07, 6.45) is 8.36. The standard InChI is InChI=1S/C23H31NO2/c1-25-22-12-5-3-8-18(22)14-16-20-10-7-11-21(24-20)17-15-19-9-4-6-13-23(19)26-2/h3-6,8-9,12-13,20-21,24H,7,10-11,14-17H2,1-2H3/t20-,21+. The third kappa shape index (κ3) is 5.01. The molecule has 26 heavy (non-hydrogen) atoms. The average Bonchev–Trinajstić information content (AvgIpc) is 2.71. The molecule has 1 N–H and O–H groups in total. The zero-order chi connectivity index (χ0) is 18.2. The van der Waals surface area contributed by atoms with E-state index in [2.05, 4.69) is 41.7 Å². The van der Waals surface area contributed by atoms with Crippen LogP contribution in [0.3, 0.4) is 0 Å². The number of piperidine rings is 1. The molecule has 0 unspecified atom stereocenters. The van der Waals surface area contributed by atoms with Crippen LogP contribution in [0.1, 0.15) is 43.2 Å². The Labute approximate surface area is 157 Å². The Bertz CT molecular complexity index is 628. The molecule has 2 aromatic rings. The van der Waals surface area contributed by atoms with Gasteiger partial charge in [-0.1, -0.05) is 42.8 Å². The number of benzene rings is 2. The molecule has 3 rings (SSSR count). The second-order valence-electron chi connectivity index (χ2n) is 7.19. The van der Waals surface area contributed by atoms with Gasteiger partial charge in [0.1, 0.15) is 11.5 Å². The minimum absolute atomic E-state index is 0.608. The lowest BCUT2D eigenvalue weighted by Gasteiger charge is -2.31. The number of hydrogen-bond acceptors (Lipinski definition) is 3. The summed E-state index contributed by atoms with van der Waals surface area (Å²) in [4.78, 5) is 0. The van der Waals surface area contributed by atoms with Crippen LogP contribution in [0.15, 0.2) is 48.5 Å². The van der Waals surface area contributed by atoms with Crippen molar-refractivity contribution in [3.8, 4) is 11.5 Å². The minimum Gasteiger partial charge on any atom is -0.496 e. The molecule has 0 saturated carbocycles. The molecule has 2 aromatic carbocycles. The second-order valence-corrected chi connectivity index (χ2v) is 7.19. The van der Waals surface area contributed by atoms with E-state index in [1.165, 1.54) is 43.2 Å². The third-order valence-corrected chi connectivity index (χ3v) is 5.49. The first-order valence-corrected chi connectivity index (χ1v) is 9.80.